The number of fused-ring (bicyclic) bond motifs is 1. The van der Waals surface area contributed by atoms with Gasteiger partial charge in [0.05, 0.1) is 10.2 Å². The van der Waals surface area contributed by atoms with E-state index in [1.807, 2.05) is 19.3 Å². The van der Waals surface area contributed by atoms with Crippen LogP contribution in [0.4, 0.5) is 0 Å². The standard InChI is InChI=1S/C12H12N2S/c1-3-4-10(13-2)9-7-12-11(14-8-9)5-6-15-12/h1,5-8,10,13H,4H2,2H3. The van der Waals surface area contributed by atoms with Crippen LogP contribution in [0.5, 0.6) is 0 Å². The maximum atomic E-state index is 5.33. The third kappa shape index (κ3) is 2.01. The minimum atomic E-state index is 0.203. The van der Waals surface area contributed by atoms with Crippen molar-refractivity contribution < 1.29 is 0 Å². The van der Waals surface area contributed by atoms with Crippen LogP contribution in [0.1, 0.15) is 18.0 Å². The fourth-order valence-corrected chi connectivity index (χ4v) is 2.35. The lowest BCUT2D eigenvalue weighted by atomic mass is 10.1. The van der Waals surface area contributed by atoms with Crippen LogP contribution in [-0.2, 0) is 0 Å². The van der Waals surface area contributed by atoms with Gasteiger partial charge in [0.1, 0.15) is 0 Å². The van der Waals surface area contributed by atoms with E-state index in [0.29, 0.717) is 6.42 Å². The smallest absolute Gasteiger partial charge is 0.0809 e. The van der Waals surface area contributed by atoms with Gasteiger partial charge in [-0.25, -0.2) is 0 Å². The van der Waals surface area contributed by atoms with Crippen molar-refractivity contribution in [2.75, 3.05) is 7.05 Å². The molecule has 3 heteroatoms. The molecule has 76 valence electrons. The Labute approximate surface area is 93.3 Å². The van der Waals surface area contributed by atoms with E-state index >= 15 is 0 Å². The van der Waals surface area contributed by atoms with Crippen molar-refractivity contribution in [1.29, 1.82) is 0 Å². The van der Waals surface area contributed by atoms with Gasteiger partial charge in [-0.2, -0.15) is 0 Å². The zero-order valence-electron chi connectivity index (χ0n) is 8.53. The van der Waals surface area contributed by atoms with Gasteiger partial charge < -0.3 is 5.32 Å². The number of hydrogen-bond donors (Lipinski definition) is 1. The Hall–Kier alpha value is -1.37. The molecule has 0 amide bonds. The number of aromatic nitrogens is 1. The minimum absolute atomic E-state index is 0.203. The van der Waals surface area contributed by atoms with E-state index in [1.54, 1.807) is 11.3 Å². The molecule has 1 unspecified atom stereocenters. The first kappa shape index (κ1) is 10.2. The molecule has 0 aliphatic rings. The van der Waals surface area contributed by atoms with Crippen LogP contribution in [0.15, 0.2) is 23.7 Å². The van der Waals surface area contributed by atoms with Gasteiger partial charge in [0, 0.05) is 18.7 Å². The number of hydrogen-bond acceptors (Lipinski definition) is 3. The van der Waals surface area contributed by atoms with Crippen LogP contribution in [0.25, 0.3) is 10.2 Å². The van der Waals surface area contributed by atoms with E-state index in [1.165, 1.54) is 4.70 Å². The molecule has 0 radical (unpaired) electrons. The summed E-state index contributed by atoms with van der Waals surface area (Å²) in [6, 6.07) is 4.39. The van der Waals surface area contributed by atoms with E-state index in [0.717, 1.165) is 11.1 Å². The molecular formula is C12H12N2S. The lowest BCUT2D eigenvalue weighted by Gasteiger charge is -2.12. The van der Waals surface area contributed by atoms with Gasteiger partial charge in [-0.15, -0.1) is 23.7 Å². The summed E-state index contributed by atoms with van der Waals surface area (Å²) in [6.45, 7) is 0. The molecule has 0 saturated carbocycles. The Morgan fingerprint density at radius 3 is 3.27 bits per heavy atom. The molecule has 2 aromatic rings. The molecule has 2 rings (SSSR count). The summed E-state index contributed by atoms with van der Waals surface area (Å²) in [6.07, 6.45) is 7.91. The van der Waals surface area contributed by atoms with Gasteiger partial charge in [0.2, 0.25) is 0 Å². The molecule has 2 nitrogen and oxygen atoms in total. The SMILES string of the molecule is C#CCC(NC)c1cnc2ccsc2c1. The Morgan fingerprint density at radius 1 is 1.67 bits per heavy atom. The molecule has 15 heavy (non-hydrogen) atoms. The highest BCUT2D eigenvalue weighted by molar-refractivity contribution is 7.17. The molecule has 0 aromatic carbocycles. The summed E-state index contributed by atoms with van der Waals surface area (Å²) >= 11 is 1.71. The monoisotopic (exact) mass is 216 g/mol. The van der Waals surface area contributed by atoms with Crippen molar-refractivity contribution in [2.24, 2.45) is 0 Å². The molecule has 0 aliphatic heterocycles. The lowest BCUT2D eigenvalue weighted by Crippen LogP contribution is -2.15. The van der Waals surface area contributed by atoms with E-state index in [2.05, 4.69) is 27.7 Å². The quantitative estimate of drug-likeness (QED) is 0.798. The van der Waals surface area contributed by atoms with Gasteiger partial charge >= 0.3 is 0 Å². The van der Waals surface area contributed by atoms with E-state index in [-0.39, 0.29) is 6.04 Å². The average molecular weight is 216 g/mol. The summed E-state index contributed by atoms with van der Waals surface area (Å²) in [7, 11) is 1.92. The summed E-state index contributed by atoms with van der Waals surface area (Å²) in [5.41, 5.74) is 2.21. The molecular weight excluding hydrogens is 204 g/mol. The summed E-state index contributed by atoms with van der Waals surface area (Å²) in [4.78, 5) is 4.39. The lowest BCUT2D eigenvalue weighted by molar-refractivity contribution is 0.610. The maximum Gasteiger partial charge on any atom is 0.0809 e. The average Bonchev–Trinajstić information content (AvgIpc) is 2.72. The Kier molecular flexibility index (Phi) is 3.00. The summed E-state index contributed by atoms with van der Waals surface area (Å²) < 4.78 is 1.21. The Balaban J connectivity index is 2.38. The summed E-state index contributed by atoms with van der Waals surface area (Å²) in [5, 5.41) is 5.25. The van der Waals surface area contributed by atoms with Crippen LogP contribution < -0.4 is 5.32 Å². The van der Waals surface area contributed by atoms with Crippen LogP contribution >= 0.6 is 11.3 Å². The zero-order valence-corrected chi connectivity index (χ0v) is 9.34. The largest absolute Gasteiger partial charge is 0.312 e. The van der Waals surface area contributed by atoms with Crippen LogP contribution in [0.2, 0.25) is 0 Å². The van der Waals surface area contributed by atoms with Gasteiger partial charge in [0.25, 0.3) is 0 Å². The topological polar surface area (TPSA) is 24.9 Å². The van der Waals surface area contributed by atoms with Crippen LogP contribution in [0.3, 0.4) is 0 Å². The first-order valence-electron chi connectivity index (χ1n) is 4.79. The van der Waals surface area contributed by atoms with Gasteiger partial charge in [-0.1, -0.05) is 0 Å². The zero-order chi connectivity index (χ0) is 10.7. The predicted octanol–water partition coefficient (Wildman–Crippen LogP) is 2.58. The molecule has 0 spiro atoms. The van der Waals surface area contributed by atoms with Crippen molar-refractivity contribution in [3.8, 4) is 12.3 Å². The second kappa shape index (κ2) is 4.43. The van der Waals surface area contributed by atoms with Gasteiger partial charge in [0.15, 0.2) is 0 Å². The molecule has 2 aromatic heterocycles. The Bertz CT molecular complexity index is 496. The summed E-state index contributed by atoms with van der Waals surface area (Å²) in [5.74, 6) is 2.67. The normalized spacial score (nSPS) is 12.5. The predicted molar refractivity (Wildman–Crippen MR) is 64.9 cm³/mol. The molecule has 0 aliphatic carbocycles. The van der Waals surface area contributed by atoms with Gasteiger partial charge in [-0.05, 0) is 30.1 Å². The molecule has 1 N–H and O–H groups in total. The van der Waals surface area contributed by atoms with E-state index < -0.39 is 0 Å². The first-order chi connectivity index (χ1) is 7.35. The highest BCUT2D eigenvalue weighted by Gasteiger charge is 2.09. The van der Waals surface area contributed by atoms with Crippen molar-refractivity contribution in [1.82, 2.24) is 10.3 Å². The number of thiophene rings is 1. The van der Waals surface area contributed by atoms with Crippen molar-refractivity contribution in [2.45, 2.75) is 12.5 Å². The second-order valence-corrected chi connectivity index (χ2v) is 4.27. The second-order valence-electron chi connectivity index (χ2n) is 3.32. The third-order valence-electron chi connectivity index (χ3n) is 2.40. The van der Waals surface area contributed by atoms with Crippen molar-refractivity contribution in [3.63, 3.8) is 0 Å². The Morgan fingerprint density at radius 2 is 2.53 bits per heavy atom. The molecule has 2 heterocycles. The molecule has 0 fully saturated rings. The first-order valence-corrected chi connectivity index (χ1v) is 5.67. The van der Waals surface area contributed by atoms with Crippen molar-refractivity contribution >= 4 is 21.6 Å². The van der Waals surface area contributed by atoms with Crippen LogP contribution in [-0.4, -0.2) is 12.0 Å². The fourth-order valence-electron chi connectivity index (χ4n) is 1.56. The maximum absolute atomic E-state index is 5.33. The number of pyridine rings is 1. The third-order valence-corrected chi connectivity index (χ3v) is 3.25. The number of nitrogens with zero attached hydrogens (tertiary/aromatic N) is 1. The van der Waals surface area contributed by atoms with E-state index in [9.17, 15) is 0 Å². The fraction of sp³-hybridized carbons (Fsp3) is 0.250. The molecule has 0 saturated heterocycles. The van der Waals surface area contributed by atoms with Crippen molar-refractivity contribution in [3.05, 3.63) is 29.3 Å². The molecule has 1 atom stereocenters. The highest BCUT2D eigenvalue weighted by Crippen LogP contribution is 2.23. The number of nitrogens with one attached hydrogen (secondary N) is 1. The van der Waals surface area contributed by atoms with Gasteiger partial charge in [-0.3, -0.25) is 4.98 Å². The highest BCUT2D eigenvalue weighted by atomic mass is 32.1. The number of terminal acetylenes is 1. The van der Waals surface area contributed by atoms with E-state index in [4.69, 9.17) is 6.42 Å². The minimum Gasteiger partial charge on any atom is -0.312 e. The number of rotatable bonds is 3. The van der Waals surface area contributed by atoms with Crippen LogP contribution in [0, 0.1) is 12.3 Å². The molecule has 0 bridgehead atoms.